The first-order chi connectivity index (χ1) is 8.75. The van der Waals surface area contributed by atoms with Crippen molar-refractivity contribution in [3.63, 3.8) is 0 Å². The normalized spacial score (nSPS) is 12.8. The number of aliphatic carboxylic acids is 1. The molecule has 4 N–H and O–H groups in total. The Bertz CT molecular complexity index is 483. The van der Waals surface area contributed by atoms with E-state index in [4.69, 9.17) is 10.8 Å². The third-order valence-electron chi connectivity index (χ3n) is 3.13. The van der Waals surface area contributed by atoms with E-state index in [0.717, 1.165) is 11.1 Å². The molecule has 0 radical (unpaired) electrons. The lowest BCUT2D eigenvalue weighted by molar-refractivity contribution is -0.142. The lowest BCUT2D eigenvalue weighted by atomic mass is 9.82. The van der Waals surface area contributed by atoms with Crippen molar-refractivity contribution in [2.75, 3.05) is 6.54 Å². The van der Waals surface area contributed by atoms with Gasteiger partial charge in [-0.15, -0.1) is 0 Å². The summed E-state index contributed by atoms with van der Waals surface area (Å²) in [5, 5.41) is 11.2. The first-order valence-corrected chi connectivity index (χ1v) is 6.08. The summed E-state index contributed by atoms with van der Waals surface area (Å²) >= 11 is 0. The molecule has 0 aliphatic carbocycles. The Labute approximate surface area is 112 Å². The minimum absolute atomic E-state index is 0.292. The lowest BCUT2D eigenvalue weighted by Gasteiger charge is -2.27. The van der Waals surface area contributed by atoms with Crippen molar-refractivity contribution in [3.8, 4) is 0 Å². The first-order valence-electron chi connectivity index (χ1n) is 6.08. The van der Waals surface area contributed by atoms with E-state index in [1.54, 1.807) is 0 Å². The summed E-state index contributed by atoms with van der Waals surface area (Å²) in [5.74, 6) is -2.00. The molecule has 0 heterocycles. The number of carboxylic acids is 1. The molecule has 19 heavy (non-hydrogen) atoms. The number of amides is 1. The van der Waals surface area contributed by atoms with Crippen LogP contribution in [0.1, 0.15) is 25.0 Å². The van der Waals surface area contributed by atoms with E-state index < -0.39 is 17.9 Å². The van der Waals surface area contributed by atoms with Crippen molar-refractivity contribution in [2.45, 2.75) is 32.2 Å². The zero-order valence-electron chi connectivity index (χ0n) is 11.4. The summed E-state index contributed by atoms with van der Waals surface area (Å²) in [7, 11) is 0. The van der Waals surface area contributed by atoms with Gasteiger partial charge < -0.3 is 16.2 Å². The molecule has 0 spiro atoms. The van der Waals surface area contributed by atoms with Crippen molar-refractivity contribution in [2.24, 2.45) is 5.73 Å². The van der Waals surface area contributed by atoms with Gasteiger partial charge in [-0.05, 0) is 18.1 Å². The molecule has 1 rings (SSSR count). The van der Waals surface area contributed by atoms with Gasteiger partial charge in [0.1, 0.15) is 0 Å². The molecule has 104 valence electrons. The largest absolute Gasteiger partial charge is 0.480 e. The molecule has 0 aliphatic rings. The maximum absolute atomic E-state index is 11.5. The quantitative estimate of drug-likeness (QED) is 0.686. The fourth-order valence-electron chi connectivity index (χ4n) is 1.96. The summed E-state index contributed by atoms with van der Waals surface area (Å²) in [4.78, 5) is 22.1. The summed E-state index contributed by atoms with van der Waals surface area (Å²) in [6.45, 7) is 6.31. The van der Waals surface area contributed by atoms with E-state index in [9.17, 15) is 9.59 Å². The summed E-state index contributed by atoms with van der Waals surface area (Å²) in [6.07, 6.45) is 0. The van der Waals surface area contributed by atoms with Gasteiger partial charge in [0, 0.05) is 12.0 Å². The monoisotopic (exact) mass is 264 g/mol. The van der Waals surface area contributed by atoms with Crippen molar-refractivity contribution < 1.29 is 14.7 Å². The van der Waals surface area contributed by atoms with Crippen LogP contribution in [-0.2, 0) is 15.0 Å². The fraction of sp³-hybridized carbons (Fsp3) is 0.429. The van der Waals surface area contributed by atoms with Crippen LogP contribution in [0.4, 0.5) is 0 Å². The number of carboxylic acid groups (broad SMARTS) is 1. The number of nitrogens with two attached hydrogens (primary N) is 1. The van der Waals surface area contributed by atoms with Gasteiger partial charge in [0.15, 0.2) is 6.04 Å². The first kappa shape index (κ1) is 15.2. The molecule has 0 saturated carbocycles. The molecule has 0 aliphatic heterocycles. The average molecular weight is 264 g/mol. The van der Waals surface area contributed by atoms with Gasteiger partial charge in [0.05, 0.1) is 0 Å². The zero-order valence-corrected chi connectivity index (χ0v) is 11.4. The fourth-order valence-corrected chi connectivity index (χ4v) is 1.96. The van der Waals surface area contributed by atoms with E-state index >= 15 is 0 Å². The smallest absolute Gasteiger partial charge is 0.330 e. The van der Waals surface area contributed by atoms with Gasteiger partial charge in [0.2, 0.25) is 5.91 Å². The summed E-state index contributed by atoms with van der Waals surface area (Å²) in [6, 6.07) is 6.37. The van der Waals surface area contributed by atoms with Crippen molar-refractivity contribution in [3.05, 3.63) is 35.4 Å². The van der Waals surface area contributed by atoms with E-state index in [1.807, 2.05) is 45.0 Å². The third kappa shape index (κ3) is 3.79. The second-order valence-corrected chi connectivity index (χ2v) is 5.23. The molecule has 5 nitrogen and oxygen atoms in total. The number of nitrogens with one attached hydrogen (secondary N) is 1. The van der Waals surface area contributed by atoms with E-state index in [0.29, 0.717) is 6.54 Å². The topological polar surface area (TPSA) is 92.4 Å². The Balaban J connectivity index is 2.74. The molecule has 1 aromatic rings. The Morgan fingerprint density at radius 1 is 1.37 bits per heavy atom. The van der Waals surface area contributed by atoms with Crippen molar-refractivity contribution >= 4 is 11.9 Å². The number of carbonyl (C=O) groups excluding carboxylic acids is 1. The lowest BCUT2D eigenvalue weighted by Crippen LogP contribution is -2.49. The Kier molecular flexibility index (Phi) is 4.67. The van der Waals surface area contributed by atoms with Gasteiger partial charge in [0.25, 0.3) is 0 Å². The van der Waals surface area contributed by atoms with E-state index in [-0.39, 0.29) is 5.41 Å². The minimum Gasteiger partial charge on any atom is -0.480 e. The van der Waals surface area contributed by atoms with Gasteiger partial charge in [-0.1, -0.05) is 38.1 Å². The highest BCUT2D eigenvalue weighted by Gasteiger charge is 2.26. The highest BCUT2D eigenvalue weighted by molar-refractivity contribution is 6.00. The number of aryl methyl sites for hydroxylation is 1. The number of hydrogen-bond donors (Lipinski definition) is 3. The van der Waals surface area contributed by atoms with Crippen LogP contribution < -0.4 is 11.1 Å². The predicted molar refractivity (Wildman–Crippen MR) is 72.8 cm³/mol. The van der Waals surface area contributed by atoms with Crippen LogP contribution in [0.5, 0.6) is 0 Å². The molecule has 1 aromatic carbocycles. The molecule has 0 aromatic heterocycles. The van der Waals surface area contributed by atoms with Crippen LogP contribution in [0.25, 0.3) is 0 Å². The average Bonchev–Trinajstić information content (AvgIpc) is 2.35. The van der Waals surface area contributed by atoms with Crippen molar-refractivity contribution in [1.82, 2.24) is 5.32 Å². The Hall–Kier alpha value is -1.88. The minimum atomic E-state index is -1.52. The highest BCUT2D eigenvalue weighted by atomic mass is 16.4. The maximum atomic E-state index is 11.5. The van der Waals surface area contributed by atoms with Crippen LogP contribution in [0.2, 0.25) is 0 Å². The summed E-state index contributed by atoms with van der Waals surface area (Å²) in [5.41, 5.74) is 7.19. The van der Waals surface area contributed by atoms with Gasteiger partial charge in [-0.25, -0.2) is 4.79 Å². The summed E-state index contributed by atoms with van der Waals surface area (Å²) < 4.78 is 0. The predicted octanol–water partition coefficient (Wildman–Crippen LogP) is 0.801. The standard InChI is InChI=1S/C14H20N2O3/c1-9-6-4-5-7-10(9)14(2,3)8-16-12(17)11(15)13(18)19/h4-7,11H,8,15H2,1-3H3,(H,16,17)(H,18,19). The van der Waals surface area contributed by atoms with E-state index in [2.05, 4.69) is 5.32 Å². The number of hydrogen-bond acceptors (Lipinski definition) is 3. The van der Waals surface area contributed by atoms with Crippen LogP contribution >= 0.6 is 0 Å². The van der Waals surface area contributed by atoms with Gasteiger partial charge in [-0.2, -0.15) is 0 Å². The molecule has 0 fully saturated rings. The maximum Gasteiger partial charge on any atom is 0.330 e. The van der Waals surface area contributed by atoms with E-state index in [1.165, 1.54) is 0 Å². The van der Waals surface area contributed by atoms with Crippen LogP contribution in [-0.4, -0.2) is 29.6 Å². The third-order valence-corrected chi connectivity index (χ3v) is 3.13. The molecule has 5 heteroatoms. The van der Waals surface area contributed by atoms with Gasteiger partial charge in [-0.3, -0.25) is 4.79 Å². The highest BCUT2D eigenvalue weighted by Crippen LogP contribution is 2.25. The Morgan fingerprint density at radius 3 is 2.47 bits per heavy atom. The zero-order chi connectivity index (χ0) is 14.6. The second kappa shape index (κ2) is 5.84. The number of carbonyl (C=O) groups is 2. The number of rotatable bonds is 5. The van der Waals surface area contributed by atoms with Crippen LogP contribution in [0.15, 0.2) is 24.3 Å². The molecule has 1 atom stereocenters. The van der Waals surface area contributed by atoms with Crippen molar-refractivity contribution in [1.29, 1.82) is 0 Å². The molecule has 1 amide bonds. The molecular weight excluding hydrogens is 244 g/mol. The second-order valence-electron chi connectivity index (χ2n) is 5.23. The van der Waals surface area contributed by atoms with Gasteiger partial charge >= 0.3 is 5.97 Å². The Morgan fingerprint density at radius 2 is 1.95 bits per heavy atom. The molecule has 1 unspecified atom stereocenters. The SMILES string of the molecule is Cc1ccccc1C(C)(C)CNC(=O)C(N)C(=O)O. The number of benzene rings is 1. The molecule has 0 saturated heterocycles. The molecule has 0 bridgehead atoms. The van der Waals surface area contributed by atoms with Crippen LogP contribution in [0.3, 0.4) is 0 Å². The van der Waals surface area contributed by atoms with Crippen LogP contribution in [0, 0.1) is 6.92 Å². The molecular formula is C14H20N2O3.